The molecule has 1 saturated heterocycles. The molecule has 16 heavy (non-hydrogen) atoms. The Kier molecular flexibility index (Phi) is 7.45. The van der Waals surface area contributed by atoms with Crippen LogP contribution in [-0.2, 0) is 4.74 Å². The predicted octanol–water partition coefficient (Wildman–Crippen LogP) is 2.02. The van der Waals surface area contributed by atoms with Crippen LogP contribution in [0.3, 0.4) is 0 Å². The van der Waals surface area contributed by atoms with E-state index >= 15 is 0 Å². The summed E-state index contributed by atoms with van der Waals surface area (Å²) in [7, 11) is 1.76. The van der Waals surface area contributed by atoms with E-state index in [1.165, 1.54) is 30.8 Å². The molecule has 96 valence electrons. The molecule has 1 rings (SSSR count). The van der Waals surface area contributed by atoms with Crippen LogP contribution in [0.5, 0.6) is 0 Å². The SMILES string of the molecule is COCCC(C)C(CC1CCSCC1)NN. The topological polar surface area (TPSA) is 47.3 Å². The van der Waals surface area contributed by atoms with Crippen molar-refractivity contribution in [3.8, 4) is 0 Å². The van der Waals surface area contributed by atoms with Crippen molar-refractivity contribution >= 4 is 11.8 Å². The molecule has 0 aromatic heterocycles. The number of nitrogens with one attached hydrogen (secondary N) is 1. The average molecular weight is 246 g/mol. The van der Waals surface area contributed by atoms with Gasteiger partial charge in [-0.1, -0.05) is 6.92 Å². The third kappa shape index (κ3) is 5.04. The Morgan fingerprint density at radius 2 is 2.12 bits per heavy atom. The maximum atomic E-state index is 5.67. The van der Waals surface area contributed by atoms with E-state index in [1.54, 1.807) is 7.11 Å². The van der Waals surface area contributed by atoms with Gasteiger partial charge in [0.05, 0.1) is 0 Å². The van der Waals surface area contributed by atoms with Crippen LogP contribution in [0.15, 0.2) is 0 Å². The second kappa shape index (κ2) is 8.34. The standard InChI is InChI=1S/C12H26N2OS/c1-10(3-6-15-2)12(14-13)9-11-4-7-16-8-5-11/h10-12,14H,3-9,13H2,1-2H3. The van der Waals surface area contributed by atoms with Crippen molar-refractivity contribution in [3.63, 3.8) is 0 Å². The molecule has 0 spiro atoms. The van der Waals surface area contributed by atoms with Gasteiger partial charge in [0.25, 0.3) is 0 Å². The van der Waals surface area contributed by atoms with Gasteiger partial charge in [-0.05, 0) is 49.0 Å². The zero-order chi connectivity index (χ0) is 11.8. The van der Waals surface area contributed by atoms with Crippen LogP contribution < -0.4 is 11.3 Å². The monoisotopic (exact) mass is 246 g/mol. The fourth-order valence-electron chi connectivity index (χ4n) is 2.31. The lowest BCUT2D eigenvalue weighted by Gasteiger charge is -2.29. The molecule has 1 fully saturated rings. The first-order valence-electron chi connectivity index (χ1n) is 6.30. The number of nitrogens with two attached hydrogens (primary N) is 1. The molecule has 0 aromatic rings. The van der Waals surface area contributed by atoms with Crippen molar-refractivity contribution < 1.29 is 4.74 Å². The van der Waals surface area contributed by atoms with E-state index in [-0.39, 0.29) is 0 Å². The van der Waals surface area contributed by atoms with Crippen LogP contribution in [0, 0.1) is 11.8 Å². The molecule has 2 atom stereocenters. The first kappa shape index (κ1) is 14.3. The molecule has 3 nitrogen and oxygen atoms in total. The smallest absolute Gasteiger partial charge is 0.0465 e. The number of rotatable bonds is 7. The first-order valence-corrected chi connectivity index (χ1v) is 7.46. The van der Waals surface area contributed by atoms with Crippen molar-refractivity contribution in [1.82, 2.24) is 5.43 Å². The molecule has 1 aliphatic rings. The number of hydrogen-bond donors (Lipinski definition) is 2. The van der Waals surface area contributed by atoms with Gasteiger partial charge in [-0.25, -0.2) is 0 Å². The lowest BCUT2D eigenvalue weighted by atomic mass is 9.87. The maximum absolute atomic E-state index is 5.67. The first-order chi connectivity index (χ1) is 7.77. The summed E-state index contributed by atoms with van der Waals surface area (Å²) in [5.41, 5.74) is 3.00. The van der Waals surface area contributed by atoms with Crippen LogP contribution in [-0.4, -0.2) is 31.3 Å². The molecule has 3 N–H and O–H groups in total. The summed E-state index contributed by atoms with van der Waals surface area (Å²) in [5, 5.41) is 0. The molecule has 0 amide bonds. The van der Waals surface area contributed by atoms with Crippen molar-refractivity contribution in [1.29, 1.82) is 0 Å². The van der Waals surface area contributed by atoms with E-state index in [2.05, 4.69) is 24.1 Å². The quantitative estimate of drug-likeness (QED) is 0.533. The summed E-state index contributed by atoms with van der Waals surface area (Å²) in [5.74, 6) is 9.79. The van der Waals surface area contributed by atoms with Crippen molar-refractivity contribution in [2.75, 3.05) is 25.2 Å². The van der Waals surface area contributed by atoms with Crippen LogP contribution in [0.25, 0.3) is 0 Å². The third-order valence-electron chi connectivity index (χ3n) is 3.61. The highest BCUT2D eigenvalue weighted by molar-refractivity contribution is 7.99. The molecule has 0 radical (unpaired) electrons. The van der Waals surface area contributed by atoms with Crippen LogP contribution >= 0.6 is 11.8 Å². The third-order valence-corrected chi connectivity index (χ3v) is 4.66. The van der Waals surface area contributed by atoms with Gasteiger partial charge in [-0.15, -0.1) is 0 Å². The van der Waals surface area contributed by atoms with Gasteiger partial charge < -0.3 is 4.74 Å². The molecule has 4 heteroatoms. The second-order valence-electron chi connectivity index (χ2n) is 4.82. The van der Waals surface area contributed by atoms with Crippen LogP contribution in [0.1, 0.15) is 32.6 Å². The van der Waals surface area contributed by atoms with E-state index in [0.29, 0.717) is 12.0 Å². The number of hydrogen-bond acceptors (Lipinski definition) is 4. The number of thioether (sulfide) groups is 1. The van der Waals surface area contributed by atoms with E-state index in [1.807, 2.05) is 0 Å². The summed E-state index contributed by atoms with van der Waals surface area (Å²) in [6.07, 6.45) is 5.04. The molecule has 2 unspecified atom stereocenters. The van der Waals surface area contributed by atoms with Gasteiger partial charge in [0.2, 0.25) is 0 Å². The van der Waals surface area contributed by atoms with Gasteiger partial charge in [0, 0.05) is 19.8 Å². The van der Waals surface area contributed by atoms with Gasteiger partial charge in [0.1, 0.15) is 0 Å². The molecule has 1 aliphatic heterocycles. The minimum atomic E-state index is 0.447. The Hall–Kier alpha value is 0.230. The zero-order valence-corrected chi connectivity index (χ0v) is 11.4. The predicted molar refractivity (Wildman–Crippen MR) is 71.4 cm³/mol. The summed E-state index contributed by atoms with van der Waals surface area (Å²) in [6.45, 7) is 3.10. The molecule has 0 bridgehead atoms. The Balaban J connectivity index is 2.28. The van der Waals surface area contributed by atoms with Crippen molar-refractivity contribution in [3.05, 3.63) is 0 Å². The van der Waals surface area contributed by atoms with E-state index < -0.39 is 0 Å². The van der Waals surface area contributed by atoms with Crippen LogP contribution in [0.2, 0.25) is 0 Å². The second-order valence-corrected chi connectivity index (χ2v) is 6.05. The number of methoxy groups -OCH3 is 1. The molecule has 0 aromatic carbocycles. The summed E-state index contributed by atoms with van der Waals surface area (Å²) in [6, 6.07) is 0.447. The Labute approximate surface area is 104 Å². The summed E-state index contributed by atoms with van der Waals surface area (Å²) in [4.78, 5) is 0. The van der Waals surface area contributed by atoms with E-state index in [4.69, 9.17) is 10.6 Å². The van der Waals surface area contributed by atoms with Gasteiger partial charge >= 0.3 is 0 Å². The Bertz CT molecular complexity index is 174. The van der Waals surface area contributed by atoms with Gasteiger partial charge in [0.15, 0.2) is 0 Å². The highest BCUT2D eigenvalue weighted by Gasteiger charge is 2.22. The number of ether oxygens (including phenoxy) is 1. The van der Waals surface area contributed by atoms with Crippen LogP contribution in [0.4, 0.5) is 0 Å². The summed E-state index contributed by atoms with van der Waals surface area (Å²) >= 11 is 2.08. The Morgan fingerprint density at radius 3 is 2.69 bits per heavy atom. The fraction of sp³-hybridized carbons (Fsp3) is 1.00. The lowest BCUT2D eigenvalue weighted by Crippen LogP contribution is -2.42. The minimum Gasteiger partial charge on any atom is -0.385 e. The van der Waals surface area contributed by atoms with Crippen molar-refractivity contribution in [2.24, 2.45) is 17.7 Å². The highest BCUT2D eigenvalue weighted by Crippen LogP contribution is 2.28. The van der Waals surface area contributed by atoms with Gasteiger partial charge in [-0.3, -0.25) is 11.3 Å². The fourth-order valence-corrected chi connectivity index (χ4v) is 3.51. The molecule has 0 aliphatic carbocycles. The van der Waals surface area contributed by atoms with Gasteiger partial charge in [-0.2, -0.15) is 11.8 Å². The minimum absolute atomic E-state index is 0.447. The molecular weight excluding hydrogens is 220 g/mol. The zero-order valence-electron chi connectivity index (χ0n) is 10.6. The highest BCUT2D eigenvalue weighted by atomic mass is 32.2. The molecule has 1 heterocycles. The summed E-state index contributed by atoms with van der Waals surface area (Å²) < 4.78 is 5.13. The maximum Gasteiger partial charge on any atom is 0.0465 e. The Morgan fingerprint density at radius 1 is 1.44 bits per heavy atom. The van der Waals surface area contributed by atoms with E-state index in [0.717, 1.165) is 18.9 Å². The molecular formula is C12H26N2OS. The van der Waals surface area contributed by atoms with Crippen molar-refractivity contribution in [2.45, 2.75) is 38.6 Å². The average Bonchev–Trinajstić information content (AvgIpc) is 2.34. The normalized spacial score (nSPS) is 21.9. The number of hydrazine groups is 1. The lowest BCUT2D eigenvalue weighted by molar-refractivity contribution is 0.164. The largest absolute Gasteiger partial charge is 0.385 e. The van der Waals surface area contributed by atoms with E-state index in [9.17, 15) is 0 Å². The molecule has 0 saturated carbocycles.